The van der Waals surface area contributed by atoms with Crippen LogP contribution >= 0.6 is 15.9 Å². The lowest BCUT2D eigenvalue weighted by atomic mass is 10.1. The van der Waals surface area contributed by atoms with Gasteiger partial charge in [-0.1, -0.05) is 76.1 Å². The number of rotatable bonds is 7. The van der Waals surface area contributed by atoms with Crippen LogP contribution in [0.4, 0.5) is 0 Å². The maximum absolute atomic E-state index is 6.10. The van der Waals surface area contributed by atoms with Gasteiger partial charge in [0.1, 0.15) is 12.4 Å². The van der Waals surface area contributed by atoms with E-state index in [4.69, 9.17) is 4.74 Å². The molecule has 0 radical (unpaired) electrons. The molecule has 3 aromatic carbocycles. The van der Waals surface area contributed by atoms with Crippen LogP contribution in [-0.4, -0.2) is 0 Å². The maximum atomic E-state index is 6.10. The molecule has 0 spiro atoms. The summed E-state index contributed by atoms with van der Waals surface area (Å²) in [6, 6.07) is 25.4. The normalized spacial score (nSPS) is 12.0. The van der Waals surface area contributed by atoms with Crippen molar-refractivity contribution in [1.82, 2.24) is 5.32 Å². The molecule has 1 atom stereocenters. The Bertz CT molecular complexity index is 831. The first-order chi connectivity index (χ1) is 12.6. The smallest absolute Gasteiger partial charge is 0.124 e. The van der Waals surface area contributed by atoms with Crippen LogP contribution in [-0.2, 0) is 13.2 Å². The molecule has 0 saturated carbocycles. The van der Waals surface area contributed by atoms with Crippen LogP contribution in [0.1, 0.15) is 35.2 Å². The van der Waals surface area contributed by atoms with Crippen LogP contribution in [0.3, 0.4) is 0 Å². The predicted molar refractivity (Wildman–Crippen MR) is 111 cm³/mol. The molecule has 0 aliphatic rings. The number of halogens is 1. The molecule has 0 heterocycles. The van der Waals surface area contributed by atoms with Crippen LogP contribution in [0, 0.1) is 6.92 Å². The van der Waals surface area contributed by atoms with Crippen LogP contribution in [0.2, 0.25) is 0 Å². The Morgan fingerprint density at radius 1 is 0.962 bits per heavy atom. The summed E-state index contributed by atoms with van der Waals surface area (Å²) in [4.78, 5) is 0. The highest BCUT2D eigenvalue weighted by Gasteiger charge is 2.09. The second kappa shape index (κ2) is 9.02. The van der Waals surface area contributed by atoms with Gasteiger partial charge >= 0.3 is 0 Å². The molecule has 0 aliphatic heterocycles. The van der Waals surface area contributed by atoms with Crippen molar-refractivity contribution >= 4 is 15.9 Å². The Morgan fingerprint density at radius 3 is 2.42 bits per heavy atom. The minimum absolute atomic E-state index is 0.278. The van der Waals surface area contributed by atoms with Crippen LogP contribution in [0.25, 0.3) is 0 Å². The fourth-order valence-corrected chi connectivity index (χ4v) is 3.20. The van der Waals surface area contributed by atoms with E-state index in [9.17, 15) is 0 Å². The summed E-state index contributed by atoms with van der Waals surface area (Å²) in [6.07, 6.45) is 0. The Hall–Kier alpha value is -2.10. The topological polar surface area (TPSA) is 21.3 Å². The van der Waals surface area contributed by atoms with Crippen molar-refractivity contribution < 1.29 is 4.74 Å². The number of benzene rings is 3. The van der Waals surface area contributed by atoms with E-state index in [1.165, 1.54) is 16.7 Å². The molecule has 3 rings (SSSR count). The average molecular weight is 410 g/mol. The molecule has 0 unspecified atom stereocenters. The Kier molecular flexibility index (Phi) is 6.48. The van der Waals surface area contributed by atoms with Gasteiger partial charge in [0.15, 0.2) is 0 Å². The third kappa shape index (κ3) is 5.20. The zero-order valence-corrected chi connectivity index (χ0v) is 16.8. The summed E-state index contributed by atoms with van der Waals surface area (Å²) < 4.78 is 7.15. The molecule has 0 fully saturated rings. The molecule has 0 aliphatic carbocycles. The monoisotopic (exact) mass is 409 g/mol. The van der Waals surface area contributed by atoms with Gasteiger partial charge in [0.2, 0.25) is 0 Å². The van der Waals surface area contributed by atoms with Crippen LogP contribution in [0.15, 0.2) is 77.3 Å². The van der Waals surface area contributed by atoms with E-state index in [1.54, 1.807) is 0 Å². The maximum Gasteiger partial charge on any atom is 0.124 e. The van der Waals surface area contributed by atoms with Gasteiger partial charge in [-0.15, -0.1) is 0 Å². The summed E-state index contributed by atoms with van der Waals surface area (Å²) >= 11 is 3.57. The zero-order chi connectivity index (χ0) is 18.4. The van der Waals surface area contributed by atoms with Crippen molar-refractivity contribution in [3.8, 4) is 5.75 Å². The number of hydrogen-bond acceptors (Lipinski definition) is 2. The summed E-state index contributed by atoms with van der Waals surface area (Å²) in [5, 5.41) is 3.59. The summed E-state index contributed by atoms with van der Waals surface area (Å²) in [6.45, 7) is 5.60. The standard InChI is InChI=1S/C23H24BrNO/c1-17-8-10-19(11-9-17)16-26-23-13-12-22(24)14-21(23)15-25-18(2)20-6-4-3-5-7-20/h3-14,18,25H,15-16H2,1-2H3/t18-/m1/s1. The molecule has 0 amide bonds. The first-order valence-electron chi connectivity index (χ1n) is 8.87. The second-order valence-electron chi connectivity index (χ2n) is 6.54. The first-order valence-corrected chi connectivity index (χ1v) is 9.66. The zero-order valence-electron chi connectivity index (χ0n) is 15.2. The van der Waals surface area contributed by atoms with Gasteiger partial charge < -0.3 is 10.1 Å². The minimum Gasteiger partial charge on any atom is -0.489 e. The number of aryl methyl sites for hydroxylation is 1. The lowest BCUT2D eigenvalue weighted by Crippen LogP contribution is -2.18. The Balaban J connectivity index is 1.66. The number of nitrogens with one attached hydrogen (secondary N) is 1. The third-order valence-electron chi connectivity index (χ3n) is 4.44. The highest BCUT2D eigenvalue weighted by molar-refractivity contribution is 9.10. The van der Waals surface area contributed by atoms with Crippen molar-refractivity contribution in [1.29, 1.82) is 0 Å². The number of hydrogen-bond donors (Lipinski definition) is 1. The highest BCUT2D eigenvalue weighted by Crippen LogP contribution is 2.25. The fourth-order valence-electron chi connectivity index (χ4n) is 2.79. The molecule has 0 saturated heterocycles. The van der Waals surface area contributed by atoms with Crippen molar-refractivity contribution in [2.45, 2.75) is 33.0 Å². The quantitative estimate of drug-likeness (QED) is 0.502. The largest absolute Gasteiger partial charge is 0.489 e. The summed E-state index contributed by atoms with van der Waals surface area (Å²) in [7, 11) is 0. The lowest BCUT2D eigenvalue weighted by molar-refractivity contribution is 0.301. The number of ether oxygens (including phenoxy) is 1. The van der Waals surface area contributed by atoms with Gasteiger partial charge in [-0.2, -0.15) is 0 Å². The van der Waals surface area contributed by atoms with E-state index < -0.39 is 0 Å². The Morgan fingerprint density at radius 2 is 1.69 bits per heavy atom. The molecule has 26 heavy (non-hydrogen) atoms. The molecular formula is C23H24BrNO. The first kappa shape index (κ1) is 18.7. The summed E-state index contributed by atoms with van der Waals surface area (Å²) in [5.41, 5.74) is 4.87. The minimum atomic E-state index is 0.278. The molecule has 134 valence electrons. The van der Waals surface area contributed by atoms with E-state index in [-0.39, 0.29) is 6.04 Å². The van der Waals surface area contributed by atoms with Crippen LogP contribution in [0.5, 0.6) is 5.75 Å². The van der Waals surface area contributed by atoms with Gasteiger partial charge in [-0.3, -0.25) is 0 Å². The van der Waals surface area contributed by atoms with Crippen molar-refractivity contribution in [2.75, 3.05) is 0 Å². The third-order valence-corrected chi connectivity index (χ3v) is 4.93. The van der Waals surface area contributed by atoms with Gasteiger partial charge in [-0.05, 0) is 43.2 Å². The van der Waals surface area contributed by atoms with Gasteiger partial charge in [0.05, 0.1) is 0 Å². The van der Waals surface area contributed by atoms with E-state index in [1.807, 2.05) is 18.2 Å². The Labute approximate surface area is 164 Å². The molecular weight excluding hydrogens is 386 g/mol. The molecule has 0 bridgehead atoms. The summed E-state index contributed by atoms with van der Waals surface area (Å²) in [5.74, 6) is 0.918. The van der Waals surface area contributed by atoms with Gasteiger partial charge in [0, 0.05) is 22.6 Å². The second-order valence-corrected chi connectivity index (χ2v) is 7.46. The average Bonchev–Trinajstić information content (AvgIpc) is 2.67. The molecule has 3 heteroatoms. The van der Waals surface area contributed by atoms with Gasteiger partial charge in [-0.25, -0.2) is 0 Å². The highest BCUT2D eigenvalue weighted by atomic mass is 79.9. The fraction of sp³-hybridized carbons (Fsp3) is 0.217. The lowest BCUT2D eigenvalue weighted by Gasteiger charge is -2.17. The van der Waals surface area contributed by atoms with E-state index in [0.717, 1.165) is 22.3 Å². The SMILES string of the molecule is Cc1ccc(COc2ccc(Br)cc2CN[C@H](C)c2ccccc2)cc1. The molecule has 2 nitrogen and oxygen atoms in total. The van der Waals surface area contributed by atoms with E-state index >= 15 is 0 Å². The molecule has 0 aromatic heterocycles. The van der Waals surface area contributed by atoms with Crippen molar-refractivity contribution in [3.05, 3.63) is 99.5 Å². The predicted octanol–water partition coefficient (Wildman–Crippen LogP) is 6.19. The van der Waals surface area contributed by atoms with Gasteiger partial charge in [0.25, 0.3) is 0 Å². The molecule has 1 N–H and O–H groups in total. The van der Waals surface area contributed by atoms with Crippen molar-refractivity contribution in [3.63, 3.8) is 0 Å². The van der Waals surface area contributed by atoms with Crippen molar-refractivity contribution in [2.24, 2.45) is 0 Å². The van der Waals surface area contributed by atoms with E-state index in [2.05, 4.69) is 89.7 Å². The molecule has 3 aromatic rings. The van der Waals surface area contributed by atoms with Crippen LogP contribution < -0.4 is 10.1 Å². The van der Waals surface area contributed by atoms with E-state index in [0.29, 0.717) is 6.61 Å².